The lowest BCUT2D eigenvalue weighted by molar-refractivity contribution is 0.0366. The molecule has 0 amide bonds. The van der Waals surface area contributed by atoms with Gasteiger partial charge in [-0.25, -0.2) is 9.78 Å². The molecule has 0 spiro atoms. The summed E-state index contributed by atoms with van der Waals surface area (Å²) in [4.78, 5) is 31.6. The van der Waals surface area contributed by atoms with Gasteiger partial charge in [-0.05, 0) is 44.2 Å². The number of H-pyrrole nitrogens is 1. The van der Waals surface area contributed by atoms with E-state index in [1.807, 2.05) is 24.3 Å². The summed E-state index contributed by atoms with van der Waals surface area (Å²) in [5.74, 6) is 0.538. The molecule has 0 aliphatic carbocycles. The van der Waals surface area contributed by atoms with E-state index in [1.165, 1.54) is 0 Å². The minimum atomic E-state index is -0.495. The topological polar surface area (TPSA) is 90.5 Å². The SMILES string of the molecule is COCc1c(C(=O)OC(C)C)ncc2[nH]c3ccc(Oc4ccccc4C=O)cc3c12. The van der Waals surface area contributed by atoms with Gasteiger partial charge in [0.05, 0.1) is 30.0 Å². The second kappa shape index (κ2) is 8.57. The Bertz CT molecular complexity index is 1280. The second-order valence-electron chi connectivity index (χ2n) is 7.35. The highest BCUT2D eigenvalue weighted by molar-refractivity contribution is 6.11. The van der Waals surface area contributed by atoms with E-state index in [0.29, 0.717) is 22.6 Å². The number of nitrogens with one attached hydrogen (secondary N) is 1. The van der Waals surface area contributed by atoms with Gasteiger partial charge in [0, 0.05) is 29.0 Å². The van der Waals surface area contributed by atoms with E-state index in [0.717, 1.165) is 28.1 Å². The van der Waals surface area contributed by atoms with E-state index in [-0.39, 0.29) is 18.4 Å². The molecule has 0 aliphatic rings. The maximum absolute atomic E-state index is 12.6. The van der Waals surface area contributed by atoms with Gasteiger partial charge in [0.15, 0.2) is 12.0 Å². The molecule has 0 atom stereocenters. The average molecular weight is 418 g/mol. The zero-order chi connectivity index (χ0) is 22.0. The largest absolute Gasteiger partial charge is 0.458 e. The highest BCUT2D eigenvalue weighted by atomic mass is 16.5. The summed E-state index contributed by atoms with van der Waals surface area (Å²) in [5.41, 5.74) is 2.96. The summed E-state index contributed by atoms with van der Waals surface area (Å²) in [6.45, 7) is 3.77. The highest BCUT2D eigenvalue weighted by Crippen LogP contribution is 2.34. The van der Waals surface area contributed by atoms with Crippen LogP contribution in [0.25, 0.3) is 21.8 Å². The van der Waals surface area contributed by atoms with Crippen LogP contribution in [0.3, 0.4) is 0 Å². The number of benzene rings is 2. The Hall–Kier alpha value is -3.71. The van der Waals surface area contributed by atoms with Crippen LogP contribution in [-0.2, 0) is 16.1 Å². The number of fused-ring (bicyclic) bond motifs is 3. The molecule has 0 bridgehead atoms. The molecule has 7 heteroatoms. The van der Waals surface area contributed by atoms with E-state index < -0.39 is 5.97 Å². The maximum atomic E-state index is 12.6. The predicted molar refractivity (Wildman–Crippen MR) is 117 cm³/mol. The van der Waals surface area contributed by atoms with Crippen LogP contribution < -0.4 is 4.74 Å². The third-order valence-electron chi connectivity index (χ3n) is 4.81. The summed E-state index contributed by atoms with van der Waals surface area (Å²) in [6.07, 6.45) is 2.11. The fourth-order valence-electron chi connectivity index (χ4n) is 3.53. The summed E-state index contributed by atoms with van der Waals surface area (Å²) in [6, 6.07) is 12.6. The van der Waals surface area contributed by atoms with Gasteiger partial charge in [-0.1, -0.05) is 12.1 Å². The first kappa shape index (κ1) is 20.6. The van der Waals surface area contributed by atoms with E-state index in [2.05, 4.69) is 9.97 Å². The lowest BCUT2D eigenvalue weighted by Crippen LogP contribution is -2.15. The number of aldehydes is 1. The number of methoxy groups -OCH3 is 1. The number of nitrogens with zero attached hydrogens (tertiary/aromatic N) is 1. The fraction of sp³-hybridized carbons (Fsp3) is 0.208. The molecule has 0 fully saturated rings. The van der Waals surface area contributed by atoms with Gasteiger partial charge < -0.3 is 19.2 Å². The first-order chi connectivity index (χ1) is 15.0. The van der Waals surface area contributed by atoms with Crippen LogP contribution in [0.4, 0.5) is 0 Å². The Labute approximate surface area is 178 Å². The van der Waals surface area contributed by atoms with Crippen LogP contribution >= 0.6 is 0 Å². The van der Waals surface area contributed by atoms with Crippen LogP contribution in [0.5, 0.6) is 11.5 Å². The zero-order valence-electron chi connectivity index (χ0n) is 17.5. The number of aromatic amines is 1. The number of para-hydroxylation sites is 1. The van der Waals surface area contributed by atoms with Crippen molar-refractivity contribution in [3.05, 3.63) is 65.5 Å². The van der Waals surface area contributed by atoms with Crippen LogP contribution in [0.15, 0.2) is 48.7 Å². The van der Waals surface area contributed by atoms with Gasteiger partial charge in [0.25, 0.3) is 0 Å². The smallest absolute Gasteiger partial charge is 0.357 e. The van der Waals surface area contributed by atoms with Gasteiger partial charge in [-0.3, -0.25) is 4.79 Å². The first-order valence-corrected chi connectivity index (χ1v) is 9.87. The van der Waals surface area contributed by atoms with E-state index in [1.54, 1.807) is 45.4 Å². The van der Waals surface area contributed by atoms with Crippen LogP contribution in [0.1, 0.15) is 40.3 Å². The molecule has 4 rings (SSSR count). The zero-order valence-corrected chi connectivity index (χ0v) is 17.5. The van der Waals surface area contributed by atoms with Crippen molar-refractivity contribution >= 4 is 34.1 Å². The predicted octanol–water partition coefficient (Wildman–Crippen LogP) is 5.03. The Kier molecular flexibility index (Phi) is 5.68. The van der Waals surface area contributed by atoms with E-state index in [9.17, 15) is 9.59 Å². The van der Waals surface area contributed by atoms with Crippen molar-refractivity contribution in [2.45, 2.75) is 26.6 Å². The molecule has 0 unspecified atom stereocenters. The van der Waals surface area contributed by atoms with E-state index >= 15 is 0 Å². The summed E-state index contributed by atoms with van der Waals surface area (Å²) in [7, 11) is 1.57. The summed E-state index contributed by atoms with van der Waals surface area (Å²) in [5, 5.41) is 1.67. The second-order valence-corrected chi connectivity index (χ2v) is 7.35. The van der Waals surface area contributed by atoms with Crippen LogP contribution in [0.2, 0.25) is 0 Å². The molecular formula is C24H22N2O5. The molecule has 1 N–H and O–H groups in total. The Morgan fingerprint density at radius 2 is 1.97 bits per heavy atom. The monoisotopic (exact) mass is 418 g/mol. The molecule has 2 heterocycles. The molecule has 0 saturated heterocycles. The van der Waals surface area contributed by atoms with E-state index in [4.69, 9.17) is 14.2 Å². The molecule has 158 valence electrons. The number of carbonyl (C=O) groups excluding carboxylic acids is 2. The first-order valence-electron chi connectivity index (χ1n) is 9.87. The van der Waals surface area contributed by atoms with Gasteiger partial charge >= 0.3 is 5.97 Å². The summed E-state index contributed by atoms with van der Waals surface area (Å²) < 4.78 is 16.7. The van der Waals surface area contributed by atoms with Gasteiger partial charge in [0.2, 0.25) is 0 Å². The number of ether oxygens (including phenoxy) is 3. The van der Waals surface area contributed by atoms with Gasteiger partial charge in [0.1, 0.15) is 11.5 Å². The van der Waals surface area contributed by atoms with Crippen molar-refractivity contribution in [2.75, 3.05) is 7.11 Å². The number of esters is 1. The third-order valence-corrected chi connectivity index (χ3v) is 4.81. The van der Waals surface area contributed by atoms with Crippen molar-refractivity contribution in [3.8, 4) is 11.5 Å². The molecule has 4 aromatic rings. The lowest BCUT2D eigenvalue weighted by Gasteiger charge is -2.12. The Morgan fingerprint density at radius 1 is 1.16 bits per heavy atom. The van der Waals surface area contributed by atoms with Crippen molar-refractivity contribution in [1.29, 1.82) is 0 Å². The number of hydrogen-bond donors (Lipinski definition) is 1. The van der Waals surface area contributed by atoms with Crippen molar-refractivity contribution in [2.24, 2.45) is 0 Å². The molecule has 0 saturated carbocycles. The lowest BCUT2D eigenvalue weighted by atomic mass is 10.1. The van der Waals surface area contributed by atoms with Crippen LogP contribution in [0, 0.1) is 0 Å². The quantitative estimate of drug-likeness (QED) is 0.334. The highest BCUT2D eigenvalue weighted by Gasteiger charge is 2.21. The Balaban J connectivity index is 1.86. The number of pyridine rings is 1. The third kappa shape index (κ3) is 4.00. The average Bonchev–Trinajstić information content (AvgIpc) is 3.12. The number of hydrogen-bond acceptors (Lipinski definition) is 6. The van der Waals surface area contributed by atoms with Crippen molar-refractivity contribution in [1.82, 2.24) is 9.97 Å². The molecular weight excluding hydrogens is 396 g/mol. The van der Waals surface area contributed by atoms with Crippen molar-refractivity contribution < 1.29 is 23.8 Å². The fourth-order valence-corrected chi connectivity index (χ4v) is 3.53. The molecule has 0 aliphatic heterocycles. The molecule has 7 nitrogen and oxygen atoms in total. The summed E-state index contributed by atoms with van der Waals surface area (Å²) >= 11 is 0. The molecule has 2 aromatic heterocycles. The Morgan fingerprint density at radius 3 is 2.71 bits per heavy atom. The minimum Gasteiger partial charge on any atom is -0.458 e. The standard InChI is InChI=1S/C24H22N2O5/c1-14(2)30-24(28)23-18(13-29-3)22-17-10-16(8-9-19(17)26-20(22)11-25-23)31-21-7-5-4-6-15(21)12-27/h4-12,14,26H,13H2,1-3H3. The van der Waals surface area contributed by atoms with Gasteiger partial charge in [-0.15, -0.1) is 0 Å². The number of aromatic nitrogens is 2. The molecule has 31 heavy (non-hydrogen) atoms. The number of rotatable bonds is 7. The van der Waals surface area contributed by atoms with Gasteiger partial charge in [-0.2, -0.15) is 0 Å². The normalized spacial score (nSPS) is 11.2. The molecule has 0 radical (unpaired) electrons. The number of carbonyl (C=O) groups is 2. The van der Waals surface area contributed by atoms with Crippen LogP contribution in [-0.4, -0.2) is 35.4 Å². The van der Waals surface area contributed by atoms with Crippen molar-refractivity contribution in [3.63, 3.8) is 0 Å². The maximum Gasteiger partial charge on any atom is 0.357 e. The minimum absolute atomic E-state index is 0.193. The molecule has 2 aromatic carbocycles.